The van der Waals surface area contributed by atoms with E-state index in [4.69, 9.17) is 10.6 Å². The minimum absolute atomic E-state index is 0.000189. The maximum atomic E-state index is 13.4. The van der Waals surface area contributed by atoms with Crippen molar-refractivity contribution in [2.45, 2.75) is 37.4 Å². The second kappa shape index (κ2) is 12.4. The average molecular weight is 710 g/mol. The van der Waals surface area contributed by atoms with E-state index in [-0.39, 0.29) is 33.8 Å². The van der Waals surface area contributed by atoms with Gasteiger partial charge in [-0.1, -0.05) is 11.2 Å². The standard InChI is InChI=1S/C30H28N8O9S2/c1-30(2,28(45)46)47-35-21(17-12-49-29(31)33-17)24(41)34-22-25(42)38-23(27(43)44)15(11-48-26(22)38)16-5-4-13(8-32-16)9-37-18-7-20(40)19(39)6-14(18)10-36(37)3/h4-8,10,12,22,26H,9,11H2,1-3H3,(H6,31,33,34,39,41,43,44,45,46)/p+1/b35-21-/t22-,26-/m1/s1. The molecule has 7 N–H and O–H groups in total. The summed E-state index contributed by atoms with van der Waals surface area (Å²) in [6.07, 6.45) is 3.39. The number of aromatic nitrogens is 4. The molecule has 0 saturated carbocycles. The highest BCUT2D eigenvalue weighted by atomic mass is 32.2. The van der Waals surface area contributed by atoms with Crippen LogP contribution in [0.3, 0.4) is 0 Å². The SMILES string of the molecule is C[n+]1cc2cc(O)c(O)cc2n1Cc1ccc(C2=C(C(=O)O)N3C(=O)[C@@H](NC(=O)/C(=N\OC(C)(C)C(=O)O)c4csc(N)n4)[C@H]3SC2)nc1. The molecule has 254 valence electrons. The number of aromatic hydroxyl groups is 2. The number of phenols is 2. The second-order valence-electron chi connectivity index (χ2n) is 11.6. The molecule has 3 aromatic heterocycles. The molecule has 2 amide bonds. The number of amides is 2. The van der Waals surface area contributed by atoms with Crippen LogP contribution >= 0.6 is 23.1 Å². The molecule has 2 aliphatic rings. The highest BCUT2D eigenvalue weighted by Crippen LogP contribution is 2.43. The molecule has 1 saturated heterocycles. The van der Waals surface area contributed by atoms with Crippen LogP contribution in [0.2, 0.25) is 0 Å². The molecule has 6 rings (SSSR count). The van der Waals surface area contributed by atoms with E-state index in [0.717, 1.165) is 21.8 Å². The number of nitrogen functional groups attached to an aromatic ring is 1. The number of β-lactam (4-membered cyclic amide) rings is 1. The monoisotopic (exact) mass is 709 g/mol. The van der Waals surface area contributed by atoms with Crippen LogP contribution in [0.4, 0.5) is 5.13 Å². The number of carbonyl (C=O) groups excluding carboxylic acids is 2. The first-order valence-electron chi connectivity index (χ1n) is 14.5. The summed E-state index contributed by atoms with van der Waals surface area (Å²) in [6, 6.07) is 5.23. The van der Waals surface area contributed by atoms with Gasteiger partial charge in [0, 0.05) is 29.0 Å². The van der Waals surface area contributed by atoms with E-state index in [1.165, 1.54) is 43.1 Å². The first-order valence-corrected chi connectivity index (χ1v) is 16.4. The Morgan fingerprint density at radius 2 is 1.94 bits per heavy atom. The number of hydrogen-bond donors (Lipinski definition) is 6. The summed E-state index contributed by atoms with van der Waals surface area (Å²) < 4.78 is 3.66. The van der Waals surface area contributed by atoms with Gasteiger partial charge in [-0.05, 0) is 31.5 Å². The first kappa shape index (κ1) is 33.2. The predicted octanol–water partition coefficient (Wildman–Crippen LogP) is 0.839. The highest BCUT2D eigenvalue weighted by molar-refractivity contribution is 8.00. The van der Waals surface area contributed by atoms with Gasteiger partial charge in [0.1, 0.15) is 34.9 Å². The lowest BCUT2D eigenvalue weighted by molar-refractivity contribution is -0.750. The first-order chi connectivity index (χ1) is 23.2. The molecule has 49 heavy (non-hydrogen) atoms. The molecule has 17 nitrogen and oxygen atoms in total. The molecular weight excluding hydrogens is 681 g/mol. The number of fused-ring (bicyclic) bond motifs is 2. The van der Waals surface area contributed by atoms with Gasteiger partial charge in [-0.15, -0.1) is 32.5 Å². The number of oxime groups is 1. The Morgan fingerprint density at radius 3 is 2.57 bits per heavy atom. The van der Waals surface area contributed by atoms with E-state index in [2.05, 4.69) is 20.4 Å². The third-order valence-electron chi connectivity index (χ3n) is 7.89. The van der Waals surface area contributed by atoms with Gasteiger partial charge < -0.3 is 36.3 Å². The zero-order chi connectivity index (χ0) is 35.4. The fourth-order valence-electron chi connectivity index (χ4n) is 5.24. The Morgan fingerprint density at radius 1 is 1.20 bits per heavy atom. The molecule has 0 bridgehead atoms. The second-order valence-corrected chi connectivity index (χ2v) is 13.6. The van der Waals surface area contributed by atoms with Crippen LogP contribution in [0.25, 0.3) is 16.5 Å². The molecule has 2 atom stereocenters. The number of pyridine rings is 1. The lowest BCUT2D eigenvalue weighted by atomic mass is 10.0. The quantitative estimate of drug-likeness (QED) is 0.0440. The van der Waals surface area contributed by atoms with Crippen molar-refractivity contribution in [2.24, 2.45) is 12.2 Å². The van der Waals surface area contributed by atoms with Gasteiger partial charge in [0.05, 0.1) is 11.1 Å². The third-order valence-corrected chi connectivity index (χ3v) is 9.85. The number of benzene rings is 1. The number of nitrogens with two attached hydrogens (primary N) is 1. The van der Waals surface area contributed by atoms with Gasteiger partial charge in [0.15, 0.2) is 29.4 Å². The number of aryl methyl sites for hydroxylation is 1. The summed E-state index contributed by atoms with van der Waals surface area (Å²) >= 11 is 2.24. The number of hydrogen-bond acceptors (Lipinski definition) is 13. The summed E-state index contributed by atoms with van der Waals surface area (Å²) in [5, 5.41) is 47.2. The molecule has 0 aliphatic carbocycles. The molecule has 5 heterocycles. The third kappa shape index (κ3) is 6.08. The number of phenolic OH excluding ortho intramolecular Hbond substituents is 2. The Labute approximate surface area is 284 Å². The molecule has 1 aromatic carbocycles. The number of thioether (sulfide) groups is 1. The molecular formula is C30H29N8O9S2+. The molecule has 4 aromatic rings. The smallest absolute Gasteiger partial charge is 0.353 e. The van der Waals surface area contributed by atoms with Gasteiger partial charge in [0.2, 0.25) is 11.8 Å². The molecule has 19 heteroatoms. The van der Waals surface area contributed by atoms with Crippen molar-refractivity contribution in [3.8, 4) is 11.5 Å². The van der Waals surface area contributed by atoms with E-state index in [1.807, 2.05) is 11.7 Å². The van der Waals surface area contributed by atoms with Crippen molar-refractivity contribution in [1.29, 1.82) is 0 Å². The summed E-state index contributed by atoms with van der Waals surface area (Å²) in [5.74, 6) is -4.58. The number of nitrogens with zero attached hydrogens (tertiary/aromatic N) is 6. The van der Waals surface area contributed by atoms with Crippen molar-refractivity contribution >= 4 is 74.2 Å². The normalized spacial score (nSPS) is 17.9. The van der Waals surface area contributed by atoms with Gasteiger partial charge in [-0.25, -0.2) is 14.6 Å². The van der Waals surface area contributed by atoms with E-state index in [1.54, 1.807) is 29.2 Å². The van der Waals surface area contributed by atoms with Crippen molar-refractivity contribution in [2.75, 3.05) is 11.5 Å². The number of carboxylic acid groups (broad SMARTS) is 2. The van der Waals surface area contributed by atoms with Gasteiger partial charge in [0.25, 0.3) is 11.8 Å². The van der Waals surface area contributed by atoms with E-state index >= 15 is 0 Å². The van der Waals surface area contributed by atoms with Gasteiger partial charge >= 0.3 is 11.9 Å². The molecule has 0 spiro atoms. The largest absolute Gasteiger partial charge is 0.504 e. The number of nitrogens with one attached hydrogen (secondary N) is 1. The number of carbonyl (C=O) groups is 4. The Kier molecular flexibility index (Phi) is 8.41. The number of carboxylic acids is 2. The average Bonchev–Trinajstić information content (AvgIpc) is 3.61. The van der Waals surface area contributed by atoms with Crippen LogP contribution in [0, 0.1) is 0 Å². The Bertz CT molecular complexity index is 2110. The van der Waals surface area contributed by atoms with Gasteiger partial charge in [-0.2, -0.15) is 0 Å². The number of aliphatic carboxylic acids is 2. The van der Waals surface area contributed by atoms with Crippen LogP contribution < -0.4 is 15.7 Å². The minimum Gasteiger partial charge on any atom is -0.504 e. The zero-order valence-corrected chi connectivity index (χ0v) is 27.7. The molecule has 0 unspecified atom stereocenters. The number of anilines is 1. The van der Waals surface area contributed by atoms with Crippen molar-refractivity contribution in [3.63, 3.8) is 0 Å². The zero-order valence-electron chi connectivity index (χ0n) is 26.0. The molecule has 0 radical (unpaired) electrons. The van der Waals surface area contributed by atoms with Crippen molar-refractivity contribution in [3.05, 3.63) is 64.7 Å². The predicted molar refractivity (Wildman–Crippen MR) is 175 cm³/mol. The lowest BCUT2D eigenvalue weighted by Crippen LogP contribution is -2.71. The van der Waals surface area contributed by atoms with E-state index in [9.17, 15) is 39.6 Å². The van der Waals surface area contributed by atoms with Gasteiger partial charge in [-0.3, -0.25) is 19.5 Å². The van der Waals surface area contributed by atoms with Crippen molar-refractivity contribution in [1.82, 2.24) is 24.9 Å². The highest BCUT2D eigenvalue weighted by Gasteiger charge is 2.54. The summed E-state index contributed by atoms with van der Waals surface area (Å²) in [6.45, 7) is 2.82. The summed E-state index contributed by atoms with van der Waals surface area (Å²) in [5.41, 5.74) is 5.36. The van der Waals surface area contributed by atoms with Crippen LogP contribution in [-0.2, 0) is 37.6 Å². The van der Waals surface area contributed by atoms with Crippen LogP contribution in [0.15, 0.2) is 52.9 Å². The topological polar surface area (TPSA) is 247 Å². The number of thiazole rings is 1. The molecule has 2 aliphatic heterocycles. The molecule has 1 fully saturated rings. The fourth-order valence-corrected chi connectivity index (χ4v) is 7.15. The summed E-state index contributed by atoms with van der Waals surface area (Å²) in [7, 11) is 1.81. The fraction of sp³-hybridized carbons (Fsp3) is 0.267. The van der Waals surface area contributed by atoms with E-state index < -0.39 is 46.5 Å². The van der Waals surface area contributed by atoms with Crippen molar-refractivity contribution < 1.29 is 49.1 Å². The maximum absolute atomic E-state index is 13.4. The number of rotatable bonds is 10. The van der Waals surface area contributed by atoms with Crippen LogP contribution in [0.1, 0.15) is 30.8 Å². The van der Waals surface area contributed by atoms with Crippen LogP contribution in [0.5, 0.6) is 11.5 Å². The van der Waals surface area contributed by atoms with E-state index in [0.29, 0.717) is 28.7 Å². The lowest BCUT2D eigenvalue weighted by Gasteiger charge is -2.49. The Balaban J connectivity index is 1.21. The maximum Gasteiger partial charge on any atom is 0.353 e. The minimum atomic E-state index is -1.79. The summed E-state index contributed by atoms with van der Waals surface area (Å²) in [4.78, 5) is 65.5. The van der Waals surface area contributed by atoms with Crippen LogP contribution in [-0.4, -0.2) is 92.2 Å². The Hall–Kier alpha value is -5.69.